The van der Waals surface area contributed by atoms with E-state index in [0.29, 0.717) is 6.61 Å². The summed E-state index contributed by atoms with van der Waals surface area (Å²) in [6.07, 6.45) is 1.69. The van der Waals surface area contributed by atoms with Gasteiger partial charge in [-0.3, -0.25) is 0 Å². The number of hydrogen-bond donors (Lipinski definition) is 0. The van der Waals surface area contributed by atoms with E-state index in [1.165, 1.54) is 0 Å². The SMILES string of the molecule is CCOn1cnc(C)c1C. The molecule has 0 aliphatic rings. The quantitative estimate of drug-likeness (QED) is 0.611. The van der Waals surface area contributed by atoms with Gasteiger partial charge in [-0.1, -0.05) is 0 Å². The van der Waals surface area contributed by atoms with E-state index in [1.807, 2.05) is 20.8 Å². The molecule has 0 N–H and O–H groups in total. The number of aryl methyl sites for hydroxylation is 1. The number of nitrogens with zero attached hydrogens (tertiary/aromatic N) is 2. The van der Waals surface area contributed by atoms with Crippen LogP contribution in [-0.2, 0) is 0 Å². The third kappa shape index (κ3) is 1.12. The molecule has 1 aromatic rings. The van der Waals surface area contributed by atoms with Gasteiger partial charge in [0.1, 0.15) is 12.9 Å². The Labute approximate surface area is 60.6 Å². The van der Waals surface area contributed by atoms with Crippen molar-refractivity contribution in [2.24, 2.45) is 0 Å². The van der Waals surface area contributed by atoms with Crippen LogP contribution in [0.1, 0.15) is 18.3 Å². The summed E-state index contributed by atoms with van der Waals surface area (Å²) in [5.41, 5.74) is 2.09. The minimum atomic E-state index is 0.677. The zero-order valence-electron chi connectivity index (χ0n) is 6.59. The lowest BCUT2D eigenvalue weighted by Gasteiger charge is -2.03. The monoisotopic (exact) mass is 140 g/mol. The molecule has 0 aliphatic heterocycles. The summed E-state index contributed by atoms with van der Waals surface area (Å²) in [5, 5.41) is 0. The molecule has 0 amide bonds. The Morgan fingerprint density at radius 2 is 2.30 bits per heavy atom. The van der Waals surface area contributed by atoms with Crippen LogP contribution in [0.5, 0.6) is 0 Å². The highest BCUT2D eigenvalue weighted by Gasteiger charge is 1.99. The predicted octanol–water partition coefficient (Wildman–Crippen LogP) is 0.948. The second-order valence-electron chi connectivity index (χ2n) is 2.16. The molecule has 0 saturated heterocycles. The van der Waals surface area contributed by atoms with Crippen LogP contribution in [0.2, 0.25) is 0 Å². The Bertz CT molecular complexity index is 217. The molecule has 0 bridgehead atoms. The van der Waals surface area contributed by atoms with E-state index in [2.05, 4.69) is 4.98 Å². The van der Waals surface area contributed by atoms with Gasteiger partial charge in [0.2, 0.25) is 0 Å². The third-order valence-electron chi connectivity index (χ3n) is 1.48. The summed E-state index contributed by atoms with van der Waals surface area (Å²) >= 11 is 0. The largest absolute Gasteiger partial charge is 0.413 e. The van der Waals surface area contributed by atoms with Crippen LogP contribution in [0.4, 0.5) is 0 Å². The summed E-state index contributed by atoms with van der Waals surface area (Å²) < 4.78 is 1.69. The summed E-state index contributed by atoms with van der Waals surface area (Å²) in [4.78, 5) is 9.28. The Kier molecular flexibility index (Phi) is 1.94. The minimum absolute atomic E-state index is 0.677. The van der Waals surface area contributed by atoms with Crippen molar-refractivity contribution >= 4 is 0 Å². The molecule has 56 valence electrons. The lowest BCUT2D eigenvalue weighted by molar-refractivity contribution is 0.117. The molecular weight excluding hydrogens is 128 g/mol. The smallest absolute Gasteiger partial charge is 0.132 e. The molecule has 1 heterocycles. The van der Waals surface area contributed by atoms with Gasteiger partial charge in [0.05, 0.1) is 11.4 Å². The molecule has 1 aromatic heterocycles. The normalized spacial score (nSPS) is 9.90. The van der Waals surface area contributed by atoms with Crippen LogP contribution < -0.4 is 4.84 Å². The van der Waals surface area contributed by atoms with Crippen LogP contribution in [-0.4, -0.2) is 16.3 Å². The number of hydrogen-bond acceptors (Lipinski definition) is 2. The summed E-state index contributed by atoms with van der Waals surface area (Å²) in [6.45, 7) is 6.58. The first-order chi connectivity index (χ1) is 4.75. The molecule has 0 radical (unpaired) electrons. The van der Waals surface area contributed by atoms with Crippen LogP contribution in [0.25, 0.3) is 0 Å². The molecule has 0 aromatic carbocycles. The van der Waals surface area contributed by atoms with Gasteiger partial charge in [0.25, 0.3) is 0 Å². The molecule has 1 rings (SSSR count). The van der Waals surface area contributed by atoms with Crippen LogP contribution >= 0.6 is 0 Å². The minimum Gasteiger partial charge on any atom is -0.413 e. The summed E-state index contributed by atoms with van der Waals surface area (Å²) in [6, 6.07) is 0. The van der Waals surface area contributed by atoms with Gasteiger partial charge in [0, 0.05) is 0 Å². The highest BCUT2D eigenvalue weighted by Crippen LogP contribution is 2.00. The maximum absolute atomic E-state index is 5.21. The van der Waals surface area contributed by atoms with E-state index in [4.69, 9.17) is 4.84 Å². The number of aromatic nitrogens is 2. The van der Waals surface area contributed by atoms with E-state index >= 15 is 0 Å². The van der Waals surface area contributed by atoms with E-state index in [0.717, 1.165) is 11.4 Å². The second-order valence-corrected chi connectivity index (χ2v) is 2.16. The maximum atomic E-state index is 5.21. The van der Waals surface area contributed by atoms with E-state index in [-0.39, 0.29) is 0 Å². The van der Waals surface area contributed by atoms with Gasteiger partial charge in [0.15, 0.2) is 0 Å². The van der Waals surface area contributed by atoms with Gasteiger partial charge in [-0.05, 0) is 20.8 Å². The van der Waals surface area contributed by atoms with Crippen molar-refractivity contribution in [3.8, 4) is 0 Å². The van der Waals surface area contributed by atoms with Gasteiger partial charge in [-0.15, -0.1) is 0 Å². The standard InChI is InChI=1S/C7H12N2O/c1-4-10-9-5-8-6(2)7(9)3/h5H,4H2,1-3H3. The lowest BCUT2D eigenvalue weighted by atomic mass is 10.4. The average Bonchev–Trinajstić information content (AvgIpc) is 2.20. The summed E-state index contributed by atoms with van der Waals surface area (Å²) in [5.74, 6) is 0. The van der Waals surface area contributed by atoms with Crippen molar-refractivity contribution in [1.82, 2.24) is 9.71 Å². The van der Waals surface area contributed by atoms with E-state index in [1.54, 1.807) is 11.1 Å². The average molecular weight is 140 g/mol. The molecule has 0 spiro atoms. The Morgan fingerprint density at radius 3 is 2.70 bits per heavy atom. The molecular formula is C7H12N2O. The fourth-order valence-corrected chi connectivity index (χ4v) is 0.748. The Hall–Kier alpha value is -0.990. The lowest BCUT2D eigenvalue weighted by Crippen LogP contribution is -2.10. The highest BCUT2D eigenvalue weighted by molar-refractivity contribution is 5.06. The first-order valence-corrected chi connectivity index (χ1v) is 3.39. The van der Waals surface area contributed by atoms with E-state index < -0.39 is 0 Å². The Morgan fingerprint density at radius 1 is 1.60 bits per heavy atom. The topological polar surface area (TPSA) is 27.1 Å². The maximum Gasteiger partial charge on any atom is 0.132 e. The van der Waals surface area contributed by atoms with E-state index in [9.17, 15) is 0 Å². The molecule has 0 atom stereocenters. The zero-order valence-corrected chi connectivity index (χ0v) is 6.59. The zero-order chi connectivity index (χ0) is 7.56. The molecule has 10 heavy (non-hydrogen) atoms. The predicted molar refractivity (Wildman–Crippen MR) is 38.8 cm³/mol. The van der Waals surface area contributed by atoms with Crippen LogP contribution in [0.15, 0.2) is 6.33 Å². The van der Waals surface area contributed by atoms with Crippen molar-refractivity contribution < 1.29 is 4.84 Å². The summed E-state index contributed by atoms with van der Waals surface area (Å²) in [7, 11) is 0. The van der Waals surface area contributed by atoms with Crippen molar-refractivity contribution in [2.45, 2.75) is 20.8 Å². The first kappa shape index (κ1) is 7.12. The molecule has 3 nitrogen and oxygen atoms in total. The van der Waals surface area contributed by atoms with Crippen LogP contribution in [0.3, 0.4) is 0 Å². The molecule has 0 unspecified atom stereocenters. The van der Waals surface area contributed by atoms with Crippen molar-refractivity contribution in [2.75, 3.05) is 6.61 Å². The van der Waals surface area contributed by atoms with Crippen LogP contribution in [0, 0.1) is 13.8 Å². The fraction of sp³-hybridized carbons (Fsp3) is 0.571. The van der Waals surface area contributed by atoms with Crippen molar-refractivity contribution in [1.29, 1.82) is 0 Å². The van der Waals surface area contributed by atoms with Gasteiger partial charge in [-0.2, -0.15) is 4.73 Å². The Balaban J connectivity index is 2.83. The van der Waals surface area contributed by atoms with Gasteiger partial charge in [-0.25, -0.2) is 4.98 Å². The molecule has 0 saturated carbocycles. The first-order valence-electron chi connectivity index (χ1n) is 3.39. The second kappa shape index (κ2) is 2.73. The van der Waals surface area contributed by atoms with Gasteiger partial charge < -0.3 is 4.84 Å². The van der Waals surface area contributed by atoms with Gasteiger partial charge >= 0.3 is 0 Å². The molecule has 0 fully saturated rings. The molecule has 0 aliphatic carbocycles. The van der Waals surface area contributed by atoms with Crippen molar-refractivity contribution in [3.05, 3.63) is 17.7 Å². The fourth-order valence-electron chi connectivity index (χ4n) is 0.748. The highest BCUT2D eigenvalue weighted by atomic mass is 16.7. The van der Waals surface area contributed by atoms with Crippen molar-refractivity contribution in [3.63, 3.8) is 0 Å². The molecule has 3 heteroatoms. The number of rotatable bonds is 2. The number of imidazole rings is 1. The third-order valence-corrected chi connectivity index (χ3v) is 1.48.